The third-order valence-corrected chi connectivity index (χ3v) is 4.70. The average Bonchev–Trinajstić information content (AvgIpc) is 3.36. The molecule has 0 aromatic heterocycles. The summed E-state index contributed by atoms with van der Waals surface area (Å²) < 4.78 is 1.51. The molecule has 0 nitrogen and oxygen atoms in total. The van der Waals surface area contributed by atoms with Crippen LogP contribution in [0.2, 0.25) is 5.02 Å². The van der Waals surface area contributed by atoms with Crippen LogP contribution in [0.1, 0.15) is 13.8 Å². The summed E-state index contributed by atoms with van der Waals surface area (Å²) in [6, 6.07) is 35.3. The van der Waals surface area contributed by atoms with Crippen molar-refractivity contribution >= 4 is 36.4 Å². The van der Waals surface area contributed by atoms with Crippen molar-refractivity contribution in [2.45, 2.75) is 13.8 Å². The molecule has 0 fully saturated rings. The third-order valence-electron chi connectivity index (χ3n) is 4.37. The van der Waals surface area contributed by atoms with Crippen LogP contribution in [-0.2, 0) is 24.2 Å². The van der Waals surface area contributed by atoms with Gasteiger partial charge in [0.15, 0.2) is 0 Å². The molecule has 0 unspecified atom stereocenters. The number of halogens is 3. The Balaban J connectivity index is 0.000000252. The zero-order valence-corrected chi connectivity index (χ0v) is 22.2. The van der Waals surface area contributed by atoms with E-state index in [1.165, 1.54) is 30.3 Å². The molecule has 158 valence electrons. The van der Waals surface area contributed by atoms with E-state index in [-0.39, 0.29) is 24.8 Å². The van der Waals surface area contributed by atoms with Crippen molar-refractivity contribution in [2.75, 3.05) is 0 Å². The van der Waals surface area contributed by atoms with Crippen LogP contribution in [0.3, 0.4) is 0 Å². The fourth-order valence-corrected chi connectivity index (χ4v) is 3.40. The van der Waals surface area contributed by atoms with Crippen LogP contribution in [0.25, 0.3) is 32.7 Å². The van der Waals surface area contributed by atoms with Crippen molar-refractivity contribution in [2.24, 2.45) is 0 Å². The van der Waals surface area contributed by atoms with E-state index in [0.717, 1.165) is 10.6 Å². The molecular formula is C27H23Cl3Zr-2. The van der Waals surface area contributed by atoms with E-state index in [4.69, 9.17) is 11.6 Å². The van der Waals surface area contributed by atoms with Gasteiger partial charge in [0.1, 0.15) is 0 Å². The number of benzene rings is 3. The second-order valence-corrected chi connectivity index (χ2v) is 9.84. The first-order valence-electron chi connectivity index (χ1n) is 9.58. The predicted octanol–water partition coefficient (Wildman–Crippen LogP) is 2.19. The van der Waals surface area contributed by atoms with Gasteiger partial charge in [-0.25, -0.2) is 0 Å². The van der Waals surface area contributed by atoms with E-state index in [2.05, 4.69) is 80.6 Å². The first-order chi connectivity index (χ1) is 14.1. The van der Waals surface area contributed by atoms with Gasteiger partial charge in [0.2, 0.25) is 0 Å². The fraction of sp³-hybridized carbons (Fsp3) is 0.0741. The van der Waals surface area contributed by atoms with Gasteiger partial charge < -0.3 is 24.8 Å². The molecule has 5 aromatic rings. The minimum atomic E-state index is 0. The molecule has 0 radical (unpaired) electrons. The SMILES string of the molecule is C[C](C)=[Zr+2].Clc1ccccc1-c1ccc[cH-]1.[Cl-].[Cl-].c1ccc2c(c1)[cH-]c1ccccc12. The molecule has 0 spiro atoms. The first-order valence-corrected chi connectivity index (χ1v) is 11.2. The molecule has 0 bridgehead atoms. The summed E-state index contributed by atoms with van der Waals surface area (Å²) in [4.78, 5) is 0. The molecule has 0 atom stereocenters. The Bertz CT molecular complexity index is 1150. The van der Waals surface area contributed by atoms with Crippen LogP contribution in [0.5, 0.6) is 0 Å². The standard InChI is InChI=1S/C13H9.C11H8Cl.C3H6.2ClH.Zr/c1-3-7-12-10(5-1)9-11-6-2-4-8-13(11)12;12-11-8-4-3-7-10(11)9-5-1-2-6-9;1-3-2;;;/h1-9H;1-8H;1-2H3;2*1H;/q2*-1;;;;+2/p-2. The molecular weight excluding hydrogens is 522 g/mol. The normalized spacial score (nSPS) is 9.45. The van der Waals surface area contributed by atoms with Crippen LogP contribution >= 0.6 is 11.6 Å². The van der Waals surface area contributed by atoms with Gasteiger partial charge in [0, 0.05) is 5.02 Å². The molecule has 0 saturated heterocycles. The molecule has 0 aliphatic carbocycles. The van der Waals surface area contributed by atoms with E-state index in [9.17, 15) is 0 Å². The quantitative estimate of drug-likeness (QED) is 0.284. The number of rotatable bonds is 1. The summed E-state index contributed by atoms with van der Waals surface area (Å²) in [5.41, 5.74) is 2.28. The van der Waals surface area contributed by atoms with Crippen molar-refractivity contribution < 1.29 is 49.0 Å². The summed E-state index contributed by atoms with van der Waals surface area (Å²) in [5.74, 6) is 0. The van der Waals surface area contributed by atoms with E-state index < -0.39 is 0 Å². The van der Waals surface area contributed by atoms with Gasteiger partial charge in [-0.2, -0.15) is 18.2 Å². The summed E-state index contributed by atoms with van der Waals surface area (Å²) >= 11 is 7.57. The van der Waals surface area contributed by atoms with Crippen LogP contribution in [-0.4, -0.2) is 3.21 Å². The van der Waals surface area contributed by atoms with Gasteiger partial charge in [-0.15, -0.1) is 51.4 Å². The molecule has 31 heavy (non-hydrogen) atoms. The maximum atomic E-state index is 6.02. The summed E-state index contributed by atoms with van der Waals surface area (Å²) in [6.45, 7) is 4.25. The zero-order valence-electron chi connectivity index (χ0n) is 17.4. The maximum Gasteiger partial charge on any atom is 0.00680 e. The van der Waals surface area contributed by atoms with Crippen LogP contribution in [0, 0.1) is 0 Å². The largest absolute Gasteiger partial charge is 1.00 e. The smallest absolute Gasteiger partial charge is 0.00680 e. The fourth-order valence-electron chi connectivity index (χ4n) is 3.15. The topological polar surface area (TPSA) is 0 Å². The molecule has 0 aliphatic rings. The Morgan fingerprint density at radius 1 is 0.710 bits per heavy atom. The maximum absolute atomic E-state index is 6.02. The van der Waals surface area contributed by atoms with Gasteiger partial charge in [-0.3, -0.25) is 0 Å². The Morgan fingerprint density at radius 2 is 1.19 bits per heavy atom. The third kappa shape index (κ3) is 7.85. The minimum Gasteiger partial charge on any atom is -1.00 e. The molecule has 0 N–H and O–H groups in total. The van der Waals surface area contributed by atoms with Crippen molar-refractivity contribution in [3.63, 3.8) is 0 Å². The molecule has 0 aliphatic heterocycles. The summed E-state index contributed by atoms with van der Waals surface area (Å²) in [6.07, 6.45) is 0. The Hall–Kier alpha value is -1.50. The van der Waals surface area contributed by atoms with Gasteiger partial charge >= 0.3 is 41.3 Å². The van der Waals surface area contributed by atoms with Crippen LogP contribution in [0.15, 0.2) is 103 Å². The zero-order chi connectivity index (χ0) is 20.6. The van der Waals surface area contributed by atoms with Gasteiger partial charge in [-0.1, -0.05) is 77.8 Å². The first kappa shape index (κ1) is 27.5. The predicted molar refractivity (Wildman–Crippen MR) is 126 cm³/mol. The minimum absolute atomic E-state index is 0. The van der Waals surface area contributed by atoms with Gasteiger partial charge in [-0.05, 0) is 0 Å². The monoisotopic (exact) mass is 542 g/mol. The van der Waals surface area contributed by atoms with Crippen LogP contribution in [0.4, 0.5) is 0 Å². The van der Waals surface area contributed by atoms with Crippen LogP contribution < -0.4 is 24.8 Å². The van der Waals surface area contributed by atoms with Crippen molar-refractivity contribution in [3.8, 4) is 11.1 Å². The second kappa shape index (κ2) is 13.8. The van der Waals surface area contributed by atoms with E-state index in [1.807, 2.05) is 36.4 Å². The average molecular weight is 545 g/mol. The van der Waals surface area contributed by atoms with E-state index >= 15 is 0 Å². The Labute approximate surface area is 217 Å². The number of fused-ring (bicyclic) bond motifs is 3. The summed E-state index contributed by atoms with van der Waals surface area (Å²) in [7, 11) is 0. The molecule has 5 rings (SSSR count). The molecule has 5 aromatic carbocycles. The van der Waals surface area contributed by atoms with Gasteiger partial charge in [0.05, 0.1) is 0 Å². The Kier molecular flexibility index (Phi) is 12.3. The van der Waals surface area contributed by atoms with Crippen molar-refractivity contribution in [3.05, 3.63) is 108 Å². The van der Waals surface area contributed by atoms with Gasteiger partial charge in [0.25, 0.3) is 0 Å². The van der Waals surface area contributed by atoms with E-state index in [1.54, 1.807) is 24.2 Å². The van der Waals surface area contributed by atoms with E-state index in [0.29, 0.717) is 0 Å². The number of hydrogen-bond acceptors (Lipinski definition) is 0. The molecule has 0 amide bonds. The summed E-state index contributed by atoms with van der Waals surface area (Å²) in [5, 5.41) is 6.20. The molecule has 4 heteroatoms. The Morgan fingerprint density at radius 3 is 1.68 bits per heavy atom. The van der Waals surface area contributed by atoms with Crippen molar-refractivity contribution in [1.82, 2.24) is 0 Å². The second-order valence-electron chi connectivity index (χ2n) is 6.97. The number of hydrogen-bond donors (Lipinski definition) is 0. The molecule has 0 saturated carbocycles. The van der Waals surface area contributed by atoms with Crippen molar-refractivity contribution in [1.29, 1.82) is 0 Å². The molecule has 0 heterocycles.